The van der Waals surface area contributed by atoms with Crippen LogP contribution in [0, 0.1) is 0 Å². The summed E-state index contributed by atoms with van der Waals surface area (Å²) in [6.07, 6.45) is 0.597. The van der Waals surface area contributed by atoms with Crippen LogP contribution in [0.4, 0.5) is 24.5 Å². The van der Waals surface area contributed by atoms with E-state index in [1.807, 2.05) is 18.2 Å². The Bertz CT molecular complexity index is 1460. The van der Waals surface area contributed by atoms with Crippen LogP contribution in [0.1, 0.15) is 24.6 Å². The molecule has 5 rings (SSSR count). The molecule has 3 aromatic rings. The summed E-state index contributed by atoms with van der Waals surface area (Å²) < 4.78 is 65.7. The Balaban J connectivity index is 1.38. The molecule has 12 heteroatoms. The van der Waals surface area contributed by atoms with Gasteiger partial charge in [0.1, 0.15) is 6.54 Å². The number of halogens is 3. The number of sulfone groups is 1. The van der Waals surface area contributed by atoms with E-state index in [0.717, 1.165) is 54.6 Å². The average Bonchev–Trinajstić information content (AvgIpc) is 3.48. The van der Waals surface area contributed by atoms with E-state index < -0.39 is 28.6 Å². The van der Waals surface area contributed by atoms with Crippen LogP contribution in [0.25, 0.3) is 10.9 Å². The standard InChI is InChI=1S/C27H33F3N6O2S/c1-35-12-10-19(11-13-35)32-23-4-3-5-25-22(23)15-26(36(25)17-27(28,29)30)24-14-20(33-34-24)16-31-18-6-8-21(9-7-18)39(2,37)38/h3-9,14-15,19,24,31-34H,10-13,16-17H2,1-2H3. The van der Waals surface area contributed by atoms with Crippen molar-refractivity contribution < 1.29 is 21.6 Å². The van der Waals surface area contributed by atoms with Crippen LogP contribution in [0.5, 0.6) is 0 Å². The summed E-state index contributed by atoms with van der Waals surface area (Å²) in [5.41, 5.74) is 9.56. The lowest BCUT2D eigenvalue weighted by Gasteiger charge is -2.30. The summed E-state index contributed by atoms with van der Waals surface area (Å²) in [6.45, 7) is 1.25. The molecule has 0 radical (unpaired) electrons. The number of anilines is 2. The molecule has 8 nitrogen and oxygen atoms in total. The molecule has 0 saturated carbocycles. The number of hydrogen-bond donors (Lipinski definition) is 4. The van der Waals surface area contributed by atoms with Crippen molar-refractivity contribution in [1.82, 2.24) is 20.3 Å². The van der Waals surface area contributed by atoms with Crippen LogP contribution in [0.15, 0.2) is 65.2 Å². The molecule has 0 spiro atoms. The molecule has 2 aliphatic rings. The first-order valence-electron chi connectivity index (χ1n) is 12.9. The van der Waals surface area contributed by atoms with Gasteiger partial charge in [0.15, 0.2) is 9.84 Å². The summed E-state index contributed by atoms with van der Waals surface area (Å²) in [5.74, 6) is 0. The normalized spacial score (nSPS) is 19.2. The van der Waals surface area contributed by atoms with E-state index in [4.69, 9.17) is 0 Å². The Morgan fingerprint density at radius 3 is 2.46 bits per heavy atom. The van der Waals surface area contributed by atoms with Gasteiger partial charge in [-0.1, -0.05) is 6.07 Å². The van der Waals surface area contributed by atoms with Crippen molar-refractivity contribution in [3.05, 3.63) is 66.0 Å². The minimum atomic E-state index is -4.38. The number of likely N-dealkylation sites (tertiary alicyclic amines) is 1. The Labute approximate surface area is 226 Å². The van der Waals surface area contributed by atoms with E-state index in [2.05, 4.69) is 33.4 Å². The largest absolute Gasteiger partial charge is 0.406 e. The fourth-order valence-corrected chi connectivity index (χ4v) is 5.78. The second-order valence-electron chi connectivity index (χ2n) is 10.3. The molecule has 1 fully saturated rings. The Kier molecular flexibility index (Phi) is 7.53. The number of hydrazine groups is 1. The number of aromatic nitrogens is 1. The van der Waals surface area contributed by atoms with Crippen LogP contribution < -0.4 is 21.5 Å². The lowest BCUT2D eigenvalue weighted by atomic mass is 10.0. The zero-order valence-electron chi connectivity index (χ0n) is 21.8. The Morgan fingerprint density at radius 1 is 1.08 bits per heavy atom. The lowest BCUT2D eigenvalue weighted by Crippen LogP contribution is -2.36. The number of benzene rings is 2. The monoisotopic (exact) mass is 562 g/mol. The van der Waals surface area contributed by atoms with Gasteiger partial charge in [-0.15, -0.1) is 0 Å². The number of nitrogens with zero attached hydrogens (tertiary/aromatic N) is 2. The number of nitrogens with one attached hydrogen (secondary N) is 4. The minimum Gasteiger partial charge on any atom is -0.382 e. The summed E-state index contributed by atoms with van der Waals surface area (Å²) in [6, 6.07) is 13.5. The predicted octanol–water partition coefficient (Wildman–Crippen LogP) is 4.26. The lowest BCUT2D eigenvalue weighted by molar-refractivity contribution is -0.140. The van der Waals surface area contributed by atoms with E-state index in [0.29, 0.717) is 17.8 Å². The molecule has 0 amide bonds. The highest BCUT2D eigenvalue weighted by molar-refractivity contribution is 7.90. The molecule has 210 valence electrons. The van der Waals surface area contributed by atoms with Crippen molar-refractivity contribution in [2.75, 3.05) is 43.6 Å². The van der Waals surface area contributed by atoms with Crippen molar-refractivity contribution in [1.29, 1.82) is 0 Å². The Morgan fingerprint density at radius 2 is 1.79 bits per heavy atom. The Hall–Kier alpha value is -3.22. The summed E-state index contributed by atoms with van der Waals surface area (Å²) in [7, 11) is -1.19. The van der Waals surface area contributed by atoms with Crippen LogP contribution in [0.3, 0.4) is 0 Å². The number of rotatable bonds is 8. The van der Waals surface area contributed by atoms with Gasteiger partial charge in [0.2, 0.25) is 0 Å². The molecule has 1 unspecified atom stereocenters. The maximum atomic E-state index is 13.7. The molecule has 2 aliphatic heterocycles. The van der Waals surface area contributed by atoms with Gasteiger partial charge in [0.05, 0.1) is 23.0 Å². The maximum absolute atomic E-state index is 13.7. The highest BCUT2D eigenvalue weighted by atomic mass is 32.2. The van der Waals surface area contributed by atoms with Crippen molar-refractivity contribution in [2.45, 2.75) is 42.5 Å². The molecule has 2 aromatic carbocycles. The van der Waals surface area contributed by atoms with Gasteiger partial charge in [-0.25, -0.2) is 13.8 Å². The number of hydrogen-bond acceptors (Lipinski definition) is 7. The first kappa shape index (κ1) is 27.4. The quantitative estimate of drug-likeness (QED) is 0.326. The summed E-state index contributed by atoms with van der Waals surface area (Å²) in [4.78, 5) is 2.51. The van der Waals surface area contributed by atoms with Crippen molar-refractivity contribution in [3.8, 4) is 0 Å². The van der Waals surface area contributed by atoms with Gasteiger partial charge < -0.3 is 25.5 Å². The third-order valence-corrected chi connectivity index (χ3v) is 8.36. The molecule has 1 atom stereocenters. The van der Waals surface area contributed by atoms with Crippen LogP contribution >= 0.6 is 0 Å². The van der Waals surface area contributed by atoms with Crippen molar-refractivity contribution in [2.24, 2.45) is 0 Å². The second-order valence-corrected chi connectivity index (χ2v) is 12.3. The first-order chi connectivity index (χ1) is 18.5. The molecule has 3 heterocycles. The molecule has 39 heavy (non-hydrogen) atoms. The fourth-order valence-electron chi connectivity index (χ4n) is 5.15. The minimum absolute atomic E-state index is 0.232. The molecule has 0 bridgehead atoms. The molecular formula is C27H33F3N6O2S. The van der Waals surface area contributed by atoms with Crippen LogP contribution in [-0.4, -0.2) is 63.0 Å². The third-order valence-electron chi connectivity index (χ3n) is 7.23. The number of fused-ring (bicyclic) bond motifs is 1. The van der Waals surface area contributed by atoms with Gasteiger partial charge in [-0.05, 0) is 81.5 Å². The predicted molar refractivity (Wildman–Crippen MR) is 147 cm³/mol. The van der Waals surface area contributed by atoms with E-state index in [1.165, 1.54) is 16.7 Å². The average molecular weight is 563 g/mol. The number of piperidine rings is 1. The SMILES string of the molecule is CN1CCC(Nc2cccc3c2cc(C2C=C(CNc4ccc(S(C)(=O)=O)cc4)NN2)n3CC(F)(F)F)CC1. The van der Waals surface area contributed by atoms with E-state index in [1.54, 1.807) is 24.3 Å². The molecule has 1 aromatic heterocycles. The zero-order valence-corrected chi connectivity index (χ0v) is 22.7. The zero-order chi connectivity index (χ0) is 27.8. The second kappa shape index (κ2) is 10.7. The third kappa shape index (κ3) is 6.51. The smallest absolute Gasteiger partial charge is 0.382 e. The van der Waals surface area contributed by atoms with Gasteiger partial charge in [-0.2, -0.15) is 13.2 Å². The van der Waals surface area contributed by atoms with Gasteiger partial charge in [-0.3, -0.25) is 0 Å². The van der Waals surface area contributed by atoms with Crippen LogP contribution in [-0.2, 0) is 16.4 Å². The van der Waals surface area contributed by atoms with E-state index in [-0.39, 0.29) is 10.9 Å². The van der Waals surface area contributed by atoms with Crippen molar-refractivity contribution >= 4 is 32.1 Å². The van der Waals surface area contributed by atoms with Gasteiger partial charge >= 0.3 is 6.18 Å². The summed E-state index contributed by atoms with van der Waals surface area (Å²) in [5, 5.41) is 7.55. The summed E-state index contributed by atoms with van der Waals surface area (Å²) >= 11 is 0. The van der Waals surface area contributed by atoms with Crippen molar-refractivity contribution in [3.63, 3.8) is 0 Å². The topological polar surface area (TPSA) is 90.4 Å². The van der Waals surface area contributed by atoms with Gasteiger partial charge in [0, 0.05) is 40.4 Å². The van der Waals surface area contributed by atoms with Crippen LogP contribution in [0.2, 0.25) is 0 Å². The maximum Gasteiger partial charge on any atom is 0.406 e. The molecule has 1 saturated heterocycles. The van der Waals surface area contributed by atoms with E-state index >= 15 is 0 Å². The molecule has 0 aliphatic carbocycles. The highest BCUT2D eigenvalue weighted by Gasteiger charge is 2.32. The van der Waals surface area contributed by atoms with E-state index in [9.17, 15) is 21.6 Å². The molecular weight excluding hydrogens is 529 g/mol. The first-order valence-corrected chi connectivity index (χ1v) is 14.8. The number of alkyl halides is 3. The van der Waals surface area contributed by atoms with Gasteiger partial charge in [0.25, 0.3) is 0 Å². The highest BCUT2D eigenvalue weighted by Crippen LogP contribution is 2.35. The fraction of sp³-hybridized carbons (Fsp3) is 0.407. The molecule has 4 N–H and O–H groups in total.